The second-order valence-corrected chi connectivity index (χ2v) is 5.60. The molecule has 1 N–H and O–H groups in total. The molecule has 0 radical (unpaired) electrons. The molecule has 2 aromatic rings. The molecule has 1 fully saturated rings. The summed E-state index contributed by atoms with van der Waals surface area (Å²) in [6, 6.07) is 13.8. The summed E-state index contributed by atoms with van der Waals surface area (Å²) in [7, 11) is 0. The van der Waals surface area contributed by atoms with Gasteiger partial charge in [-0.3, -0.25) is 0 Å². The molecule has 0 saturated carbocycles. The predicted molar refractivity (Wildman–Crippen MR) is 89.1 cm³/mol. The van der Waals surface area contributed by atoms with Gasteiger partial charge in [-0.2, -0.15) is 0 Å². The van der Waals surface area contributed by atoms with Crippen molar-refractivity contribution in [2.75, 3.05) is 31.2 Å². The molecule has 0 aliphatic carbocycles. The van der Waals surface area contributed by atoms with E-state index in [1.54, 1.807) is 24.3 Å². The SMILES string of the molecule is C=CC(O)(c1cccc(N2CCOCC2)c1)c1ccccc1F. The number of nitrogens with zero attached hydrogens (tertiary/aromatic N) is 1. The molecule has 3 rings (SSSR count). The fourth-order valence-corrected chi connectivity index (χ4v) is 2.91. The Morgan fingerprint density at radius 3 is 2.57 bits per heavy atom. The van der Waals surface area contributed by atoms with Gasteiger partial charge >= 0.3 is 0 Å². The molecule has 1 unspecified atom stereocenters. The van der Waals surface area contributed by atoms with Gasteiger partial charge in [-0.1, -0.05) is 43.0 Å². The second-order valence-electron chi connectivity index (χ2n) is 5.60. The first-order valence-corrected chi connectivity index (χ1v) is 7.69. The molecule has 1 aliphatic heterocycles. The number of anilines is 1. The van der Waals surface area contributed by atoms with Gasteiger partial charge in [0.2, 0.25) is 0 Å². The maximum Gasteiger partial charge on any atom is 0.136 e. The van der Waals surface area contributed by atoms with E-state index < -0.39 is 11.4 Å². The summed E-state index contributed by atoms with van der Waals surface area (Å²) in [6.07, 6.45) is 1.38. The smallest absolute Gasteiger partial charge is 0.136 e. The number of morpholine rings is 1. The Labute approximate surface area is 135 Å². The molecule has 0 bridgehead atoms. The zero-order valence-corrected chi connectivity index (χ0v) is 12.9. The van der Waals surface area contributed by atoms with Gasteiger partial charge in [-0.15, -0.1) is 0 Å². The second kappa shape index (κ2) is 6.52. The van der Waals surface area contributed by atoms with Crippen molar-refractivity contribution in [1.82, 2.24) is 0 Å². The van der Waals surface area contributed by atoms with Crippen molar-refractivity contribution >= 4 is 5.69 Å². The molecule has 1 saturated heterocycles. The molecule has 1 heterocycles. The van der Waals surface area contributed by atoms with E-state index in [0.29, 0.717) is 18.8 Å². The van der Waals surface area contributed by atoms with Crippen LogP contribution in [0.5, 0.6) is 0 Å². The number of hydrogen-bond acceptors (Lipinski definition) is 3. The first-order chi connectivity index (χ1) is 11.1. The van der Waals surface area contributed by atoms with Gasteiger partial charge in [0, 0.05) is 24.3 Å². The van der Waals surface area contributed by atoms with Gasteiger partial charge in [0.05, 0.1) is 13.2 Å². The van der Waals surface area contributed by atoms with Gasteiger partial charge in [-0.25, -0.2) is 4.39 Å². The minimum absolute atomic E-state index is 0.203. The maximum absolute atomic E-state index is 14.2. The van der Waals surface area contributed by atoms with Crippen molar-refractivity contribution in [2.45, 2.75) is 5.60 Å². The van der Waals surface area contributed by atoms with Crippen molar-refractivity contribution in [3.8, 4) is 0 Å². The molecular weight excluding hydrogens is 293 g/mol. The highest BCUT2D eigenvalue weighted by atomic mass is 19.1. The van der Waals surface area contributed by atoms with Gasteiger partial charge in [0.1, 0.15) is 11.4 Å². The van der Waals surface area contributed by atoms with Crippen LogP contribution in [0, 0.1) is 5.82 Å². The third-order valence-corrected chi connectivity index (χ3v) is 4.24. The van der Waals surface area contributed by atoms with Crippen LogP contribution in [0.4, 0.5) is 10.1 Å². The molecular formula is C19H20FNO2. The Balaban J connectivity index is 2.01. The van der Waals surface area contributed by atoms with E-state index >= 15 is 0 Å². The van der Waals surface area contributed by atoms with E-state index in [0.717, 1.165) is 18.8 Å². The molecule has 4 heteroatoms. The average molecular weight is 313 g/mol. The van der Waals surface area contributed by atoms with Crippen molar-refractivity contribution in [1.29, 1.82) is 0 Å². The lowest BCUT2D eigenvalue weighted by molar-refractivity contribution is 0.122. The summed E-state index contributed by atoms with van der Waals surface area (Å²) in [6.45, 7) is 6.69. The number of ether oxygens (including phenoxy) is 1. The molecule has 23 heavy (non-hydrogen) atoms. The van der Waals surface area contributed by atoms with E-state index in [4.69, 9.17) is 4.74 Å². The van der Waals surface area contributed by atoms with Crippen molar-refractivity contribution in [3.05, 3.63) is 78.1 Å². The molecule has 0 amide bonds. The lowest BCUT2D eigenvalue weighted by Gasteiger charge is -2.31. The van der Waals surface area contributed by atoms with Gasteiger partial charge in [0.25, 0.3) is 0 Å². The molecule has 0 aromatic heterocycles. The highest BCUT2D eigenvalue weighted by Crippen LogP contribution is 2.34. The van der Waals surface area contributed by atoms with Gasteiger partial charge < -0.3 is 14.7 Å². The van der Waals surface area contributed by atoms with E-state index in [2.05, 4.69) is 11.5 Å². The minimum atomic E-state index is -1.56. The third-order valence-electron chi connectivity index (χ3n) is 4.24. The van der Waals surface area contributed by atoms with E-state index in [1.165, 1.54) is 12.1 Å². The first kappa shape index (κ1) is 15.7. The standard InChI is InChI=1S/C19H20FNO2/c1-2-19(22,17-8-3-4-9-18(17)20)15-6-5-7-16(14-15)21-10-12-23-13-11-21/h2-9,14,22H,1,10-13H2. The zero-order chi connectivity index (χ0) is 16.3. The first-order valence-electron chi connectivity index (χ1n) is 7.69. The Morgan fingerprint density at radius 2 is 1.87 bits per heavy atom. The lowest BCUT2D eigenvalue weighted by Crippen LogP contribution is -2.36. The number of aliphatic hydroxyl groups is 1. The normalized spacial score (nSPS) is 17.6. The lowest BCUT2D eigenvalue weighted by atomic mass is 9.86. The van der Waals surface area contributed by atoms with Crippen LogP contribution in [0.25, 0.3) is 0 Å². The van der Waals surface area contributed by atoms with Crippen LogP contribution in [0.1, 0.15) is 11.1 Å². The van der Waals surface area contributed by atoms with Gasteiger partial charge in [-0.05, 0) is 23.8 Å². The minimum Gasteiger partial charge on any atom is -0.378 e. The van der Waals surface area contributed by atoms with Crippen LogP contribution in [-0.2, 0) is 10.3 Å². The zero-order valence-electron chi connectivity index (χ0n) is 12.9. The number of halogens is 1. The van der Waals surface area contributed by atoms with Crippen LogP contribution >= 0.6 is 0 Å². The van der Waals surface area contributed by atoms with Crippen molar-refractivity contribution in [3.63, 3.8) is 0 Å². The van der Waals surface area contributed by atoms with E-state index in [-0.39, 0.29) is 5.56 Å². The van der Waals surface area contributed by atoms with E-state index in [9.17, 15) is 9.50 Å². The van der Waals surface area contributed by atoms with Crippen LogP contribution < -0.4 is 4.90 Å². The van der Waals surface area contributed by atoms with Crippen LogP contribution in [0.15, 0.2) is 61.2 Å². The topological polar surface area (TPSA) is 32.7 Å². The van der Waals surface area contributed by atoms with E-state index in [1.807, 2.05) is 18.2 Å². The average Bonchev–Trinajstić information content (AvgIpc) is 2.62. The quantitative estimate of drug-likeness (QED) is 0.881. The molecule has 0 spiro atoms. The van der Waals surface area contributed by atoms with Crippen LogP contribution in [0.2, 0.25) is 0 Å². The highest BCUT2D eigenvalue weighted by Gasteiger charge is 2.31. The summed E-state index contributed by atoms with van der Waals surface area (Å²) < 4.78 is 19.5. The molecule has 120 valence electrons. The number of rotatable bonds is 4. The maximum atomic E-state index is 14.2. The van der Waals surface area contributed by atoms with Crippen molar-refractivity contribution < 1.29 is 14.2 Å². The third kappa shape index (κ3) is 3.00. The fraction of sp³-hybridized carbons (Fsp3) is 0.263. The monoisotopic (exact) mass is 313 g/mol. The molecule has 1 aliphatic rings. The fourth-order valence-electron chi connectivity index (χ4n) is 2.91. The number of hydrogen-bond donors (Lipinski definition) is 1. The Hall–Kier alpha value is -2.17. The summed E-state index contributed by atoms with van der Waals surface area (Å²) in [5.74, 6) is -0.452. The Kier molecular flexibility index (Phi) is 4.46. The van der Waals surface area contributed by atoms with Crippen molar-refractivity contribution in [2.24, 2.45) is 0 Å². The summed E-state index contributed by atoms with van der Waals surface area (Å²) in [4.78, 5) is 2.19. The highest BCUT2D eigenvalue weighted by molar-refractivity contribution is 5.53. The van der Waals surface area contributed by atoms with Gasteiger partial charge in [0.15, 0.2) is 0 Å². The predicted octanol–water partition coefficient (Wildman–Crippen LogP) is 3.08. The summed E-state index contributed by atoms with van der Waals surface area (Å²) >= 11 is 0. The summed E-state index contributed by atoms with van der Waals surface area (Å²) in [5, 5.41) is 11.1. The molecule has 2 aromatic carbocycles. The Bertz CT molecular complexity index is 697. The summed E-state index contributed by atoms with van der Waals surface area (Å²) in [5.41, 5.74) is 0.228. The largest absolute Gasteiger partial charge is 0.378 e. The van der Waals surface area contributed by atoms with Crippen LogP contribution in [0.3, 0.4) is 0 Å². The molecule has 3 nitrogen and oxygen atoms in total. The van der Waals surface area contributed by atoms with Crippen LogP contribution in [-0.4, -0.2) is 31.4 Å². The Morgan fingerprint density at radius 1 is 1.13 bits per heavy atom. The number of benzene rings is 2. The molecule has 1 atom stereocenters.